The predicted molar refractivity (Wildman–Crippen MR) is 237 cm³/mol. The third kappa shape index (κ3) is 10.9. The second-order valence-corrected chi connectivity index (χ2v) is 16.5. The highest BCUT2D eigenvalue weighted by Crippen LogP contribution is 2.33. The van der Waals surface area contributed by atoms with Gasteiger partial charge in [-0.05, 0) is 112 Å². The minimum Gasteiger partial charge on any atom is -0.366 e. The number of hydrogen-bond donors (Lipinski definition) is 5. The van der Waals surface area contributed by atoms with E-state index in [0.29, 0.717) is 61.3 Å². The van der Waals surface area contributed by atoms with E-state index >= 15 is 8.78 Å². The third-order valence-electron chi connectivity index (χ3n) is 12.2. The summed E-state index contributed by atoms with van der Waals surface area (Å²) in [6.07, 6.45) is 4.06. The summed E-state index contributed by atoms with van der Waals surface area (Å²) in [6.45, 7) is 6.10. The third-order valence-corrected chi connectivity index (χ3v) is 12.2. The van der Waals surface area contributed by atoms with Crippen LogP contribution in [0, 0.1) is 29.2 Å². The van der Waals surface area contributed by atoms with Gasteiger partial charge in [-0.3, -0.25) is 34.8 Å². The van der Waals surface area contributed by atoms with Gasteiger partial charge in [0.2, 0.25) is 17.8 Å². The Morgan fingerprint density at radius 3 is 2.20 bits per heavy atom. The van der Waals surface area contributed by atoms with Crippen LogP contribution < -0.4 is 31.6 Å². The number of piperidine rings is 2. The van der Waals surface area contributed by atoms with Crippen molar-refractivity contribution in [2.75, 3.05) is 60.1 Å². The number of nitrogens with zero attached hydrogens (tertiary/aromatic N) is 5. The minimum atomic E-state index is -0.897. The second-order valence-electron chi connectivity index (χ2n) is 16.5. The highest BCUT2D eigenvalue weighted by atomic mass is 19.1. The number of hydrogen-bond acceptors (Lipinski definition) is 11. The number of halogens is 4. The molecule has 1 unspecified atom stereocenters. The largest absolute Gasteiger partial charge is 0.366 e. The first-order chi connectivity index (χ1) is 31.4. The van der Waals surface area contributed by atoms with Gasteiger partial charge in [0.05, 0.1) is 23.4 Å². The van der Waals surface area contributed by atoms with Gasteiger partial charge in [-0.25, -0.2) is 27.6 Å². The van der Waals surface area contributed by atoms with Crippen molar-refractivity contribution in [3.05, 3.63) is 131 Å². The first kappa shape index (κ1) is 44.7. The fourth-order valence-electron chi connectivity index (χ4n) is 8.45. The molecule has 0 spiro atoms. The molecule has 338 valence electrons. The number of anilines is 6. The Morgan fingerprint density at radius 2 is 1.48 bits per heavy atom. The maximum absolute atomic E-state index is 15.3. The van der Waals surface area contributed by atoms with Crippen molar-refractivity contribution in [2.45, 2.75) is 51.0 Å². The Kier molecular flexibility index (Phi) is 13.6. The normalized spacial score (nSPS) is 18.5. The number of aromatic nitrogens is 2. The second kappa shape index (κ2) is 19.9. The SMILES string of the molecule is C[C@@H]1CN(c2cc(F)c(C3CCC(=O)NC3=O)cc2F)CCN1CCC1CCN(NC(=O)c2ccc(Nc3ncc(F)c(Nc4ccc(NC(=O)c5ccccc5F)cc4)n3)cc2)CC1. The zero-order chi connectivity index (χ0) is 45.6. The lowest BCUT2D eigenvalue weighted by Crippen LogP contribution is -2.53. The van der Waals surface area contributed by atoms with Crippen molar-refractivity contribution < 1.29 is 36.7 Å². The van der Waals surface area contributed by atoms with Crippen LogP contribution in [0.3, 0.4) is 0 Å². The molecule has 4 aromatic carbocycles. The Bertz CT molecular complexity index is 2560. The molecule has 5 N–H and O–H groups in total. The molecule has 5 aromatic rings. The predicted octanol–water partition coefficient (Wildman–Crippen LogP) is 7.25. The summed E-state index contributed by atoms with van der Waals surface area (Å²) >= 11 is 0. The molecule has 0 bridgehead atoms. The molecule has 3 fully saturated rings. The molecule has 3 saturated heterocycles. The quantitative estimate of drug-likeness (QED) is 0.0598. The zero-order valence-electron chi connectivity index (χ0n) is 35.6. The van der Waals surface area contributed by atoms with Gasteiger partial charge in [0.15, 0.2) is 11.6 Å². The van der Waals surface area contributed by atoms with Crippen molar-refractivity contribution >= 4 is 58.1 Å². The van der Waals surface area contributed by atoms with Crippen molar-refractivity contribution in [2.24, 2.45) is 5.92 Å². The lowest BCUT2D eigenvalue weighted by Gasteiger charge is -2.42. The van der Waals surface area contributed by atoms with E-state index in [0.717, 1.165) is 38.1 Å². The van der Waals surface area contributed by atoms with Crippen LogP contribution >= 0.6 is 0 Å². The van der Waals surface area contributed by atoms with Crippen LogP contribution in [0.4, 0.5) is 52.1 Å². The van der Waals surface area contributed by atoms with Crippen LogP contribution in [-0.4, -0.2) is 88.8 Å². The van der Waals surface area contributed by atoms with Gasteiger partial charge < -0.3 is 20.9 Å². The van der Waals surface area contributed by atoms with Gasteiger partial charge in [0.25, 0.3) is 11.8 Å². The Balaban J connectivity index is 0.757. The van der Waals surface area contributed by atoms with Crippen LogP contribution in [0.25, 0.3) is 0 Å². The number of benzene rings is 4. The average molecular weight is 893 g/mol. The van der Waals surface area contributed by atoms with Crippen LogP contribution in [0.1, 0.15) is 71.2 Å². The molecule has 1 aromatic heterocycles. The molecule has 0 saturated carbocycles. The van der Waals surface area contributed by atoms with Gasteiger partial charge in [0, 0.05) is 79.4 Å². The van der Waals surface area contributed by atoms with Gasteiger partial charge in [-0.15, -0.1) is 0 Å². The highest BCUT2D eigenvalue weighted by molar-refractivity contribution is 6.04. The summed E-state index contributed by atoms with van der Waals surface area (Å²) in [5.41, 5.74) is 4.99. The minimum absolute atomic E-state index is 0.0286. The Labute approximate surface area is 372 Å². The van der Waals surface area contributed by atoms with E-state index in [1.165, 1.54) is 24.3 Å². The molecule has 0 radical (unpaired) electrons. The number of imide groups is 1. The van der Waals surface area contributed by atoms with E-state index in [4.69, 9.17) is 0 Å². The number of carbonyl (C=O) groups is 4. The molecule has 8 rings (SSSR count). The fourth-order valence-corrected chi connectivity index (χ4v) is 8.45. The first-order valence-corrected chi connectivity index (χ1v) is 21.6. The van der Waals surface area contributed by atoms with E-state index in [1.807, 2.05) is 9.91 Å². The van der Waals surface area contributed by atoms with Gasteiger partial charge in [0.1, 0.15) is 17.5 Å². The molecule has 4 amide bonds. The van der Waals surface area contributed by atoms with Gasteiger partial charge in [-0.1, -0.05) is 12.1 Å². The van der Waals surface area contributed by atoms with E-state index in [2.05, 4.69) is 48.5 Å². The molecule has 14 nitrogen and oxygen atoms in total. The molecule has 65 heavy (non-hydrogen) atoms. The maximum Gasteiger partial charge on any atom is 0.265 e. The van der Waals surface area contributed by atoms with Crippen LogP contribution in [0.2, 0.25) is 0 Å². The number of rotatable bonds is 13. The van der Waals surface area contributed by atoms with E-state index in [9.17, 15) is 28.0 Å². The Morgan fingerprint density at radius 1 is 0.769 bits per heavy atom. The van der Waals surface area contributed by atoms with Gasteiger partial charge >= 0.3 is 0 Å². The topological polar surface area (TPSA) is 164 Å². The average Bonchev–Trinajstić information content (AvgIpc) is 3.29. The molecule has 18 heteroatoms. The molecular weight excluding hydrogens is 845 g/mol. The van der Waals surface area contributed by atoms with Gasteiger partial charge in [-0.2, -0.15) is 4.98 Å². The summed E-state index contributed by atoms with van der Waals surface area (Å²) in [5, 5.41) is 12.7. The molecule has 4 heterocycles. The summed E-state index contributed by atoms with van der Waals surface area (Å²) in [7, 11) is 0. The number of piperazine rings is 1. The maximum atomic E-state index is 15.3. The standard InChI is InChI=1S/C47H48F4N10O4/c1-28-27-60(41-25-38(49)36(24-39(41)50)34-14-15-42(62)56-45(34)64)23-22-59(28)19-16-29-17-20-61(21-18-29)58-44(63)30-6-8-33(9-7-30)55-47-52-26-40(51)43(57-47)53-31-10-12-32(13-11-31)54-46(65)35-4-2-3-5-37(35)48/h2-13,24-26,28-29,34H,14-23,27H2,1H3,(H,54,65)(H,58,63)(H,56,62,64)(H2,52,53,55,57)/t28-,34?/m1/s1. The smallest absolute Gasteiger partial charge is 0.265 e. The van der Waals surface area contributed by atoms with Crippen molar-refractivity contribution in [3.8, 4) is 0 Å². The van der Waals surface area contributed by atoms with E-state index in [1.54, 1.807) is 54.6 Å². The lowest BCUT2D eigenvalue weighted by molar-refractivity contribution is -0.134. The Hall–Kier alpha value is -6.92. The van der Waals surface area contributed by atoms with Crippen molar-refractivity contribution in [1.82, 2.24) is 30.6 Å². The van der Waals surface area contributed by atoms with Crippen LogP contribution in [0.5, 0.6) is 0 Å². The van der Waals surface area contributed by atoms with Crippen molar-refractivity contribution in [1.29, 1.82) is 0 Å². The van der Waals surface area contributed by atoms with E-state index < -0.39 is 46.9 Å². The van der Waals surface area contributed by atoms with Crippen LogP contribution in [0.15, 0.2) is 91.1 Å². The fraction of sp³-hybridized carbons (Fsp3) is 0.319. The van der Waals surface area contributed by atoms with E-state index in [-0.39, 0.29) is 53.4 Å². The summed E-state index contributed by atoms with van der Waals surface area (Å²) in [5.74, 6) is -4.83. The number of hydrazine groups is 1. The summed E-state index contributed by atoms with van der Waals surface area (Å²) in [4.78, 5) is 61.9. The molecule has 2 atom stereocenters. The summed E-state index contributed by atoms with van der Waals surface area (Å²) in [6, 6.07) is 21.2. The highest BCUT2D eigenvalue weighted by Gasteiger charge is 2.33. The first-order valence-electron chi connectivity index (χ1n) is 21.6. The number of carbonyl (C=O) groups excluding carboxylic acids is 4. The number of nitrogens with one attached hydrogen (secondary N) is 5. The molecule has 3 aliphatic rings. The molecular formula is C47H48F4N10O4. The van der Waals surface area contributed by atoms with Crippen molar-refractivity contribution in [3.63, 3.8) is 0 Å². The number of amides is 4. The molecule has 3 aliphatic heterocycles. The van der Waals surface area contributed by atoms with Crippen LogP contribution in [-0.2, 0) is 9.59 Å². The zero-order valence-corrected chi connectivity index (χ0v) is 35.6. The monoisotopic (exact) mass is 892 g/mol. The molecule has 0 aliphatic carbocycles. The lowest BCUT2D eigenvalue weighted by atomic mass is 9.89. The summed E-state index contributed by atoms with van der Waals surface area (Å²) < 4.78 is 59.2.